The van der Waals surface area contributed by atoms with E-state index in [1.165, 1.54) is 0 Å². The number of rotatable bonds is 3. The molecule has 0 aliphatic heterocycles. The van der Waals surface area contributed by atoms with E-state index in [1.807, 2.05) is 31.4 Å². The SMILES string of the molecule is Cc1cc(C(=O)N(C)C(C)c2cccs2)cc(N)n1. The van der Waals surface area contributed by atoms with Crippen molar-refractivity contribution in [2.75, 3.05) is 12.8 Å². The lowest BCUT2D eigenvalue weighted by atomic mass is 10.1. The first-order chi connectivity index (χ1) is 8.99. The van der Waals surface area contributed by atoms with Crippen molar-refractivity contribution in [2.45, 2.75) is 19.9 Å². The fourth-order valence-corrected chi connectivity index (χ4v) is 2.74. The molecule has 2 N–H and O–H groups in total. The summed E-state index contributed by atoms with van der Waals surface area (Å²) in [4.78, 5) is 19.4. The average molecular weight is 275 g/mol. The molecule has 2 heterocycles. The van der Waals surface area contributed by atoms with Crippen LogP contribution in [-0.2, 0) is 0 Å². The maximum atomic E-state index is 12.4. The summed E-state index contributed by atoms with van der Waals surface area (Å²) in [6.45, 7) is 3.84. The Morgan fingerprint density at radius 2 is 2.21 bits per heavy atom. The van der Waals surface area contributed by atoms with Gasteiger partial charge < -0.3 is 10.6 Å². The van der Waals surface area contributed by atoms with E-state index >= 15 is 0 Å². The molecule has 0 bridgehead atoms. The van der Waals surface area contributed by atoms with Gasteiger partial charge in [0.05, 0.1) is 6.04 Å². The predicted octanol–water partition coefficient (Wildman–Crippen LogP) is 2.87. The summed E-state index contributed by atoms with van der Waals surface area (Å²) in [7, 11) is 1.80. The largest absolute Gasteiger partial charge is 0.384 e. The first kappa shape index (κ1) is 13.5. The molecule has 4 nitrogen and oxygen atoms in total. The normalized spacial score (nSPS) is 12.2. The second-order valence-corrected chi connectivity index (χ2v) is 5.51. The lowest BCUT2D eigenvalue weighted by Gasteiger charge is -2.24. The van der Waals surface area contributed by atoms with Crippen molar-refractivity contribution in [3.05, 3.63) is 45.8 Å². The second kappa shape index (κ2) is 5.40. The van der Waals surface area contributed by atoms with Gasteiger partial charge >= 0.3 is 0 Å². The van der Waals surface area contributed by atoms with Crippen LogP contribution in [0.1, 0.15) is 33.9 Å². The minimum atomic E-state index is -0.0434. The van der Waals surface area contributed by atoms with Crippen molar-refractivity contribution in [1.82, 2.24) is 9.88 Å². The van der Waals surface area contributed by atoms with Crippen LogP contribution in [0.4, 0.5) is 5.82 Å². The summed E-state index contributed by atoms with van der Waals surface area (Å²) in [5, 5.41) is 2.01. The molecule has 5 heteroatoms. The molecule has 0 fully saturated rings. The molecule has 1 unspecified atom stereocenters. The van der Waals surface area contributed by atoms with Crippen LogP contribution in [0.5, 0.6) is 0 Å². The molecule has 19 heavy (non-hydrogen) atoms. The highest BCUT2D eigenvalue weighted by Crippen LogP contribution is 2.25. The number of anilines is 1. The van der Waals surface area contributed by atoms with Gasteiger partial charge in [-0.05, 0) is 37.4 Å². The molecule has 0 spiro atoms. The third-order valence-corrected chi connectivity index (χ3v) is 4.12. The standard InChI is InChI=1S/C14H17N3OS/c1-9-7-11(8-13(15)16-9)14(18)17(3)10(2)12-5-4-6-19-12/h4-8,10H,1-3H3,(H2,15,16). The van der Waals surface area contributed by atoms with E-state index in [2.05, 4.69) is 4.98 Å². The first-order valence-corrected chi connectivity index (χ1v) is 6.91. The van der Waals surface area contributed by atoms with E-state index in [0.29, 0.717) is 11.4 Å². The van der Waals surface area contributed by atoms with Crippen LogP contribution in [0.2, 0.25) is 0 Å². The van der Waals surface area contributed by atoms with E-state index in [0.717, 1.165) is 10.6 Å². The summed E-state index contributed by atoms with van der Waals surface area (Å²) >= 11 is 1.65. The van der Waals surface area contributed by atoms with E-state index in [-0.39, 0.29) is 11.9 Å². The number of hydrogen-bond donors (Lipinski definition) is 1. The summed E-state index contributed by atoms with van der Waals surface area (Å²) in [5.41, 5.74) is 7.02. The number of thiophene rings is 1. The minimum absolute atomic E-state index is 0.0434. The van der Waals surface area contributed by atoms with Crippen LogP contribution < -0.4 is 5.73 Å². The number of aryl methyl sites for hydroxylation is 1. The van der Waals surface area contributed by atoms with Gasteiger partial charge in [-0.1, -0.05) is 6.07 Å². The number of hydrogen-bond acceptors (Lipinski definition) is 4. The van der Waals surface area contributed by atoms with Crippen molar-refractivity contribution in [2.24, 2.45) is 0 Å². The molecule has 0 aliphatic carbocycles. The molecule has 2 aromatic heterocycles. The number of carbonyl (C=O) groups excluding carboxylic acids is 1. The van der Waals surface area contributed by atoms with Crippen molar-refractivity contribution >= 4 is 23.1 Å². The molecule has 2 aromatic rings. The second-order valence-electron chi connectivity index (χ2n) is 4.53. The molecular formula is C14H17N3OS. The zero-order valence-corrected chi connectivity index (χ0v) is 12.1. The minimum Gasteiger partial charge on any atom is -0.384 e. The van der Waals surface area contributed by atoms with Gasteiger partial charge in [0, 0.05) is 23.2 Å². The fraction of sp³-hybridized carbons (Fsp3) is 0.286. The predicted molar refractivity (Wildman–Crippen MR) is 78.2 cm³/mol. The summed E-state index contributed by atoms with van der Waals surface area (Å²) in [6, 6.07) is 7.44. The van der Waals surface area contributed by atoms with Gasteiger partial charge in [-0.15, -0.1) is 11.3 Å². The number of nitrogen functional groups attached to an aromatic ring is 1. The summed E-state index contributed by atoms with van der Waals surface area (Å²) in [6.07, 6.45) is 0. The Labute approximate surface area is 116 Å². The van der Waals surface area contributed by atoms with Gasteiger partial charge in [0.25, 0.3) is 5.91 Å². The average Bonchev–Trinajstić information content (AvgIpc) is 2.88. The molecule has 0 aliphatic rings. The van der Waals surface area contributed by atoms with E-state index in [9.17, 15) is 4.79 Å². The van der Waals surface area contributed by atoms with Gasteiger partial charge in [-0.3, -0.25) is 4.79 Å². The first-order valence-electron chi connectivity index (χ1n) is 6.03. The highest BCUT2D eigenvalue weighted by Gasteiger charge is 2.20. The molecule has 2 rings (SSSR count). The number of amides is 1. The Bertz CT molecular complexity index is 560. The molecule has 100 valence electrons. The smallest absolute Gasteiger partial charge is 0.254 e. The van der Waals surface area contributed by atoms with Crippen molar-refractivity contribution in [3.63, 3.8) is 0 Å². The summed E-state index contributed by atoms with van der Waals surface area (Å²) < 4.78 is 0. The topological polar surface area (TPSA) is 59.2 Å². The zero-order valence-electron chi connectivity index (χ0n) is 11.3. The van der Waals surface area contributed by atoms with E-state index < -0.39 is 0 Å². The Morgan fingerprint density at radius 3 is 2.79 bits per heavy atom. The van der Waals surface area contributed by atoms with Gasteiger partial charge in [0.1, 0.15) is 5.82 Å². The Kier molecular flexibility index (Phi) is 3.85. The number of nitrogens with two attached hydrogens (primary N) is 1. The highest BCUT2D eigenvalue weighted by molar-refractivity contribution is 7.10. The van der Waals surface area contributed by atoms with Crippen LogP contribution >= 0.6 is 11.3 Å². The Morgan fingerprint density at radius 1 is 1.47 bits per heavy atom. The molecular weight excluding hydrogens is 258 g/mol. The van der Waals surface area contributed by atoms with Crippen LogP contribution in [0.25, 0.3) is 0 Å². The molecule has 0 saturated carbocycles. The lowest BCUT2D eigenvalue weighted by Crippen LogP contribution is -2.29. The monoisotopic (exact) mass is 275 g/mol. The third kappa shape index (κ3) is 2.93. The molecule has 0 aromatic carbocycles. The maximum Gasteiger partial charge on any atom is 0.254 e. The van der Waals surface area contributed by atoms with Gasteiger partial charge in [-0.2, -0.15) is 0 Å². The van der Waals surface area contributed by atoms with Crippen molar-refractivity contribution in [3.8, 4) is 0 Å². The zero-order chi connectivity index (χ0) is 14.0. The quantitative estimate of drug-likeness (QED) is 0.937. The van der Waals surface area contributed by atoms with Gasteiger partial charge in [-0.25, -0.2) is 4.98 Å². The van der Waals surface area contributed by atoms with E-state index in [1.54, 1.807) is 35.4 Å². The highest BCUT2D eigenvalue weighted by atomic mass is 32.1. The number of carbonyl (C=O) groups is 1. The van der Waals surface area contributed by atoms with Gasteiger partial charge in [0.2, 0.25) is 0 Å². The Hall–Kier alpha value is -1.88. The molecule has 0 saturated heterocycles. The Balaban J connectivity index is 2.23. The van der Waals surface area contributed by atoms with Crippen LogP contribution in [0.3, 0.4) is 0 Å². The molecule has 1 atom stereocenters. The van der Waals surface area contributed by atoms with E-state index in [4.69, 9.17) is 5.73 Å². The molecule has 0 radical (unpaired) electrons. The van der Waals surface area contributed by atoms with Crippen molar-refractivity contribution < 1.29 is 4.79 Å². The number of pyridine rings is 1. The number of nitrogens with zero attached hydrogens (tertiary/aromatic N) is 2. The lowest BCUT2D eigenvalue weighted by molar-refractivity contribution is 0.0745. The summed E-state index contributed by atoms with van der Waals surface area (Å²) in [5.74, 6) is 0.332. The number of aromatic nitrogens is 1. The maximum absolute atomic E-state index is 12.4. The molecule has 1 amide bonds. The third-order valence-electron chi connectivity index (χ3n) is 3.08. The van der Waals surface area contributed by atoms with Crippen LogP contribution in [0.15, 0.2) is 29.6 Å². The van der Waals surface area contributed by atoms with Gasteiger partial charge in [0.15, 0.2) is 0 Å². The van der Waals surface area contributed by atoms with Crippen LogP contribution in [-0.4, -0.2) is 22.8 Å². The van der Waals surface area contributed by atoms with Crippen molar-refractivity contribution in [1.29, 1.82) is 0 Å². The van der Waals surface area contributed by atoms with Crippen LogP contribution in [0, 0.1) is 6.92 Å². The fourth-order valence-electron chi connectivity index (χ4n) is 1.92.